The second-order valence-corrected chi connectivity index (χ2v) is 9.61. The van der Waals surface area contributed by atoms with Crippen molar-refractivity contribution >= 4 is 5.91 Å². The molecule has 2 aliphatic heterocycles. The molecule has 2 aromatic heterocycles. The fraction of sp³-hybridized carbons (Fsp3) is 0.682. The number of fused-ring (bicyclic) bond motifs is 2. The summed E-state index contributed by atoms with van der Waals surface area (Å²) in [5, 5.41) is 13.5. The molecule has 4 rings (SSSR count). The van der Waals surface area contributed by atoms with Crippen LogP contribution in [0.25, 0.3) is 0 Å². The van der Waals surface area contributed by atoms with Gasteiger partial charge in [0.2, 0.25) is 5.91 Å². The Bertz CT molecular complexity index is 951. The van der Waals surface area contributed by atoms with Crippen molar-refractivity contribution in [1.82, 2.24) is 29.8 Å². The molecule has 2 aromatic rings. The summed E-state index contributed by atoms with van der Waals surface area (Å²) >= 11 is 0. The van der Waals surface area contributed by atoms with Gasteiger partial charge in [0.25, 0.3) is 0 Å². The molecule has 0 bridgehead atoms. The Morgan fingerprint density at radius 1 is 1.10 bits per heavy atom. The monoisotopic (exact) mass is 398 g/mol. The van der Waals surface area contributed by atoms with Crippen LogP contribution in [0.4, 0.5) is 0 Å². The zero-order valence-electron chi connectivity index (χ0n) is 18.8. The summed E-state index contributed by atoms with van der Waals surface area (Å²) in [6, 6.07) is 0. The number of hydrogen-bond acceptors (Lipinski definition) is 4. The molecule has 1 atom stereocenters. The number of aromatic nitrogens is 4. The van der Waals surface area contributed by atoms with Crippen LogP contribution in [-0.4, -0.2) is 36.9 Å². The first-order valence-corrected chi connectivity index (χ1v) is 10.7. The highest BCUT2D eigenvalue weighted by Gasteiger charge is 2.41. The maximum atomic E-state index is 11.9. The Hall–Kier alpha value is -2.15. The first-order chi connectivity index (χ1) is 13.6. The van der Waals surface area contributed by atoms with Gasteiger partial charge in [0.1, 0.15) is 0 Å². The minimum atomic E-state index is -0.116. The van der Waals surface area contributed by atoms with E-state index in [1.165, 1.54) is 28.2 Å². The van der Waals surface area contributed by atoms with E-state index in [-0.39, 0.29) is 11.3 Å². The molecule has 29 heavy (non-hydrogen) atoms. The van der Waals surface area contributed by atoms with Crippen LogP contribution in [0.2, 0.25) is 0 Å². The highest BCUT2D eigenvalue weighted by molar-refractivity contribution is 5.74. The topological polar surface area (TPSA) is 68.0 Å². The highest BCUT2D eigenvalue weighted by atomic mass is 16.2. The smallest absolute Gasteiger partial charge is 0.220 e. The molecule has 0 saturated heterocycles. The number of nitrogens with one attached hydrogen (secondary N) is 1. The van der Waals surface area contributed by atoms with Crippen LogP contribution in [0.5, 0.6) is 0 Å². The lowest BCUT2D eigenvalue weighted by Gasteiger charge is -2.33. The van der Waals surface area contributed by atoms with Crippen molar-refractivity contribution in [3.8, 4) is 0 Å². The molecular weight excluding hydrogens is 364 g/mol. The second kappa shape index (κ2) is 6.97. The van der Waals surface area contributed by atoms with Crippen molar-refractivity contribution in [3.63, 3.8) is 0 Å². The van der Waals surface area contributed by atoms with Gasteiger partial charge in [-0.15, -0.1) is 0 Å². The summed E-state index contributed by atoms with van der Waals surface area (Å²) < 4.78 is 4.06. The minimum Gasteiger partial charge on any atom is -0.333 e. The molecule has 1 amide bonds. The van der Waals surface area contributed by atoms with Crippen LogP contribution in [-0.2, 0) is 50.4 Å². The molecular formula is C22H34N6O. The van der Waals surface area contributed by atoms with E-state index in [1.54, 1.807) is 6.92 Å². The zero-order valence-corrected chi connectivity index (χ0v) is 18.8. The van der Waals surface area contributed by atoms with Crippen LogP contribution in [0.15, 0.2) is 0 Å². The summed E-state index contributed by atoms with van der Waals surface area (Å²) in [4.78, 5) is 13.8. The molecule has 0 fully saturated rings. The van der Waals surface area contributed by atoms with Gasteiger partial charge in [-0.05, 0) is 24.8 Å². The third-order valence-corrected chi connectivity index (χ3v) is 7.03. The molecule has 7 heteroatoms. The standard InChI is InChI=1S/C22H34N6O/c1-13(2)20-16-10-23-9-15(8-18(16)26(6)24-20)22(4,5)21-17-11-28(14(3)29)12-19(17)27(7)25-21/h13,15,23H,8-12H2,1-7H3. The molecule has 1 unspecified atom stereocenters. The van der Waals surface area contributed by atoms with E-state index in [2.05, 4.69) is 44.7 Å². The Morgan fingerprint density at radius 2 is 1.79 bits per heavy atom. The van der Waals surface area contributed by atoms with Crippen molar-refractivity contribution in [2.75, 3.05) is 6.54 Å². The fourth-order valence-corrected chi connectivity index (χ4v) is 5.05. The van der Waals surface area contributed by atoms with Crippen molar-refractivity contribution in [2.45, 2.75) is 72.0 Å². The lowest BCUT2D eigenvalue weighted by atomic mass is 9.72. The van der Waals surface area contributed by atoms with E-state index in [4.69, 9.17) is 10.2 Å². The van der Waals surface area contributed by atoms with Gasteiger partial charge in [-0.1, -0.05) is 27.7 Å². The van der Waals surface area contributed by atoms with E-state index >= 15 is 0 Å². The molecule has 0 aliphatic carbocycles. The van der Waals surface area contributed by atoms with E-state index in [9.17, 15) is 4.79 Å². The summed E-state index contributed by atoms with van der Waals surface area (Å²) in [7, 11) is 4.07. The van der Waals surface area contributed by atoms with Crippen molar-refractivity contribution in [1.29, 1.82) is 0 Å². The minimum absolute atomic E-state index is 0.116. The molecule has 7 nitrogen and oxygen atoms in total. The van der Waals surface area contributed by atoms with Crippen molar-refractivity contribution in [2.24, 2.45) is 20.0 Å². The maximum absolute atomic E-state index is 11.9. The third-order valence-electron chi connectivity index (χ3n) is 7.03. The first-order valence-electron chi connectivity index (χ1n) is 10.7. The van der Waals surface area contributed by atoms with Crippen molar-refractivity contribution < 1.29 is 4.79 Å². The number of aryl methyl sites for hydroxylation is 2. The van der Waals surface area contributed by atoms with E-state index in [0.29, 0.717) is 24.9 Å². The predicted octanol–water partition coefficient (Wildman–Crippen LogP) is 2.38. The number of nitrogens with zero attached hydrogens (tertiary/aromatic N) is 5. The van der Waals surface area contributed by atoms with Gasteiger partial charge < -0.3 is 10.2 Å². The average Bonchev–Trinajstić information content (AvgIpc) is 3.23. The van der Waals surface area contributed by atoms with Crippen LogP contribution in [0.1, 0.15) is 74.4 Å². The fourth-order valence-electron chi connectivity index (χ4n) is 5.05. The molecule has 4 heterocycles. The normalized spacial score (nSPS) is 19.4. The summed E-state index contributed by atoms with van der Waals surface area (Å²) in [6.07, 6.45) is 0.979. The Labute approximate surface area is 173 Å². The molecule has 0 spiro atoms. The molecule has 2 aliphatic rings. The zero-order chi connectivity index (χ0) is 21.1. The maximum Gasteiger partial charge on any atom is 0.220 e. The largest absolute Gasteiger partial charge is 0.333 e. The number of rotatable bonds is 3. The van der Waals surface area contributed by atoms with E-state index in [1.807, 2.05) is 16.6 Å². The van der Waals surface area contributed by atoms with E-state index in [0.717, 1.165) is 25.2 Å². The van der Waals surface area contributed by atoms with Gasteiger partial charge in [0.05, 0.1) is 23.6 Å². The van der Waals surface area contributed by atoms with Gasteiger partial charge in [-0.2, -0.15) is 10.2 Å². The number of hydrogen-bond donors (Lipinski definition) is 1. The number of amides is 1. The third kappa shape index (κ3) is 3.19. The molecule has 158 valence electrons. The Balaban J connectivity index is 1.69. The highest BCUT2D eigenvalue weighted by Crippen LogP contribution is 2.40. The Morgan fingerprint density at radius 3 is 2.45 bits per heavy atom. The average molecular weight is 399 g/mol. The molecule has 0 saturated carbocycles. The van der Waals surface area contributed by atoms with Gasteiger partial charge >= 0.3 is 0 Å². The summed E-state index contributed by atoms with van der Waals surface area (Å²) in [6.45, 7) is 13.9. The van der Waals surface area contributed by atoms with Gasteiger partial charge in [0.15, 0.2) is 0 Å². The quantitative estimate of drug-likeness (QED) is 0.862. The van der Waals surface area contributed by atoms with Crippen LogP contribution in [0.3, 0.4) is 0 Å². The first kappa shape index (κ1) is 20.1. The lowest BCUT2D eigenvalue weighted by Crippen LogP contribution is -2.38. The van der Waals surface area contributed by atoms with Gasteiger partial charge in [0, 0.05) is 56.3 Å². The predicted molar refractivity (Wildman–Crippen MR) is 112 cm³/mol. The number of carbonyl (C=O) groups is 1. The second-order valence-electron chi connectivity index (χ2n) is 9.61. The summed E-state index contributed by atoms with van der Waals surface area (Å²) in [5.74, 6) is 0.944. The summed E-state index contributed by atoms with van der Waals surface area (Å²) in [5.41, 5.74) is 7.36. The van der Waals surface area contributed by atoms with Crippen LogP contribution >= 0.6 is 0 Å². The van der Waals surface area contributed by atoms with Gasteiger partial charge in [-0.25, -0.2) is 0 Å². The van der Waals surface area contributed by atoms with Crippen LogP contribution < -0.4 is 5.32 Å². The van der Waals surface area contributed by atoms with Crippen molar-refractivity contribution in [3.05, 3.63) is 33.9 Å². The lowest BCUT2D eigenvalue weighted by molar-refractivity contribution is -0.129. The van der Waals surface area contributed by atoms with E-state index < -0.39 is 0 Å². The molecule has 0 radical (unpaired) electrons. The van der Waals surface area contributed by atoms with Gasteiger partial charge in [-0.3, -0.25) is 14.2 Å². The number of carbonyl (C=O) groups excluding carboxylic acids is 1. The molecule has 1 N–H and O–H groups in total. The Kier molecular flexibility index (Phi) is 4.84. The van der Waals surface area contributed by atoms with Crippen LogP contribution in [0, 0.1) is 5.92 Å². The molecule has 0 aromatic carbocycles. The SMILES string of the molecule is CC(=O)N1Cc2c(C(C)(C)C3CNCc4c(C(C)C)nn(C)c4C3)nn(C)c2C1.